The van der Waals surface area contributed by atoms with Crippen LogP contribution in [0.2, 0.25) is 0 Å². The summed E-state index contributed by atoms with van der Waals surface area (Å²) < 4.78 is 21.4. The maximum absolute atomic E-state index is 13.8. The third-order valence-electron chi connectivity index (χ3n) is 4.99. The number of ether oxygens (including phenoxy) is 1. The molecule has 5 nitrogen and oxygen atoms in total. The molecule has 0 spiro atoms. The zero-order valence-corrected chi connectivity index (χ0v) is 13.9. The van der Waals surface area contributed by atoms with Gasteiger partial charge in [-0.05, 0) is 43.2 Å². The fourth-order valence-corrected chi connectivity index (χ4v) is 3.59. The summed E-state index contributed by atoms with van der Waals surface area (Å²) in [5.41, 5.74) is 3.08. The van der Waals surface area contributed by atoms with E-state index >= 15 is 0 Å². The minimum Gasteiger partial charge on any atom is -0.378 e. The number of anilines is 1. The minimum absolute atomic E-state index is 0.194. The van der Waals surface area contributed by atoms with Crippen LogP contribution in [-0.2, 0) is 4.74 Å². The van der Waals surface area contributed by atoms with E-state index in [4.69, 9.17) is 4.74 Å². The molecule has 128 valence electrons. The number of rotatable bonds is 3. The van der Waals surface area contributed by atoms with Gasteiger partial charge in [0.05, 0.1) is 30.6 Å². The highest BCUT2D eigenvalue weighted by Crippen LogP contribution is 2.42. The van der Waals surface area contributed by atoms with Crippen molar-refractivity contribution in [3.8, 4) is 11.3 Å². The van der Waals surface area contributed by atoms with Crippen LogP contribution in [0.4, 0.5) is 10.2 Å². The van der Waals surface area contributed by atoms with E-state index in [1.807, 2.05) is 6.07 Å². The number of nitrogens with zero attached hydrogens (tertiary/aromatic N) is 4. The average molecular weight is 338 g/mol. The molecule has 1 saturated heterocycles. The zero-order chi connectivity index (χ0) is 16.8. The second-order valence-corrected chi connectivity index (χ2v) is 6.74. The third kappa shape index (κ3) is 2.66. The highest BCUT2D eigenvalue weighted by atomic mass is 19.1. The number of morpholine rings is 1. The second-order valence-electron chi connectivity index (χ2n) is 6.74. The molecule has 1 aromatic carbocycles. The predicted molar refractivity (Wildman–Crippen MR) is 94.2 cm³/mol. The standard InChI is InChI=1S/C19H19FN4O/c20-15-2-1-13-9-17(24(16-3-4-16)18(13)11-15)14-10-19(22-21-12-14)23-5-7-25-8-6-23/h1-2,9-12,16H,3-8H2. The van der Waals surface area contributed by atoms with Crippen molar-refractivity contribution in [2.24, 2.45) is 0 Å². The molecule has 3 aromatic rings. The summed E-state index contributed by atoms with van der Waals surface area (Å²) in [5.74, 6) is 0.681. The predicted octanol–water partition coefficient (Wildman–Crippen LogP) is 3.41. The van der Waals surface area contributed by atoms with Crippen molar-refractivity contribution in [3.63, 3.8) is 0 Å². The molecule has 1 aliphatic carbocycles. The van der Waals surface area contributed by atoms with Gasteiger partial charge in [0.2, 0.25) is 0 Å². The highest BCUT2D eigenvalue weighted by Gasteiger charge is 2.28. The lowest BCUT2D eigenvalue weighted by Gasteiger charge is -2.27. The Labute approximate surface area is 145 Å². The summed E-state index contributed by atoms with van der Waals surface area (Å²) in [6.45, 7) is 3.09. The SMILES string of the molecule is Fc1ccc2cc(-c3cnnc(N4CCOCC4)c3)n(C3CC3)c2c1. The molecule has 2 aliphatic rings. The molecule has 0 amide bonds. The Morgan fingerprint density at radius 1 is 1.08 bits per heavy atom. The van der Waals surface area contributed by atoms with Crippen molar-refractivity contribution in [1.82, 2.24) is 14.8 Å². The lowest BCUT2D eigenvalue weighted by Crippen LogP contribution is -2.36. The lowest BCUT2D eigenvalue weighted by atomic mass is 10.2. The highest BCUT2D eigenvalue weighted by molar-refractivity contribution is 5.87. The number of hydrogen-bond acceptors (Lipinski definition) is 4. The van der Waals surface area contributed by atoms with E-state index in [0.29, 0.717) is 19.3 Å². The number of benzene rings is 1. The van der Waals surface area contributed by atoms with Gasteiger partial charge in [0.25, 0.3) is 0 Å². The molecule has 0 radical (unpaired) electrons. The molecule has 1 aliphatic heterocycles. The van der Waals surface area contributed by atoms with Gasteiger partial charge in [0.15, 0.2) is 5.82 Å². The van der Waals surface area contributed by atoms with Gasteiger partial charge in [-0.1, -0.05) is 0 Å². The van der Waals surface area contributed by atoms with Crippen molar-refractivity contribution < 1.29 is 9.13 Å². The molecule has 1 saturated carbocycles. The third-order valence-corrected chi connectivity index (χ3v) is 4.99. The summed E-state index contributed by atoms with van der Waals surface area (Å²) in [4.78, 5) is 2.20. The number of hydrogen-bond donors (Lipinski definition) is 0. The van der Waals surface area contributed by atoms with Crippen molar-refractivity contribution in [2.45, 2.75) is 18.9 Å². The van der Waals surface area contributed by atoms with Gasteiger partial charge in [-0.2, -0.15) is 5.10 Å². The Kier molecular flexibility index (Phi) is 3.45. The molecule has 0 N–H and O–H groups in total. The van der Waals surface area contributed by atoms with E-state index in [1.165, 1.54) is 6.07 Å². The maximum atomic E-state index is 13.8. The van der Waals surface area contributed by atoms with Crippen molar-refractivity contribution in [3.05, 3.63) is 42.3 Å². The summed E-state index contributed by atoms with van der Waals surface area (Å²) in [5, 5.41) is 9.59. The first kappa shape index (κ1) is 14.8. The molecule has 5 rings (SSSR count). The Hall–Kier alpha value is -2.47. The van der Waals surface area contributed by atoms with Crippen molar-refractivity contribution in [2.75, 3.05) is 31.2 Å². The molecule has 0 atom stereocenters. The summed E-state index contributed by atoms with van der Waals surface area (Å²) >= 11 is 0. The Balaban J connectivity index is 1.62. The van der Waals surface area contributed by atoms with Gasteiger partial charge in [-0.25, -0.2) is 4.39 Å². The summed E-state index contributed by atoms with van der Waals surface area (Å²) in [6.07, 6.45) is 4.08. The fourth-order valence-electron chi connectivity index (χ4n) is 3.59. The Morgan fingerprint density at radius 2 is 1.92 bits per heavy atom. The van der Waals surface area contributed by atoms with Crippen LogP contribution in [0, 0.1) is 5.82 Å². The molecule has 3 heterocycles. The average Bonchev–Trinajstić information content (AvgIpc) is 3.43. The van der Waals surface area contributed by atoms with Gasteiger partial charge >= 0.3 is 0 Å². The van der Waals surface area contributed by atoms with E-state index in [2.05, 4.69) is 31.8 Å². The van der Waals surface area contributed by atoms with Crippen molar-refractivity contribution >= 4 is 16.7 Å². The van der Waals surface area contributed by atoms with Gasteiger partial charge < -0.3 is 14.2 Å². The molecule has 0 bridgehead atoms. The normalized spacial score (nSPS) is 18.0. The summed E-state index contributed by atoms with van der Waals surface area (Å²) in [6, 6.07) is 9.68. The van der Waals surface area contributed by atoms with E-state index < -0.39 is 0 Å². The van der Waals surface area contributed by atoms with Gasteiger partial charge in [-0.15, -0.1) is 5.10 Å². The first-order valence-electron chi connectivity index (χ1n) is 8.76. The van der Waals surface area contributed by atoms with Crippen LogP contribution >= 0.6 is 0 Å². The van der Waals surface area contributed by atoms with E-state index in [9.17, 15) is 4.39 Å². The van der Waals surface area contributed by atoms with E-state index in [0.717, 1.165) is 53.9 Å². The van der Waals surface area contributed by atoms with Crippen LogP contribution < -0.4 is 4.90 Å². The minimum atomic E-state index is -0.194. The maximum Gasteiger partial charge on any atom is 0.152 e. The first-order valence-corrected chi connectivity index (χ1v) is 8.76. The van der Waals surface area contributed by atoms with Crippen LogP contribution in [-0.4, -0.2) is 41.1 Å². The van der Waals surface area contributed by atoms with Crippen LogP contribution in [0.5, 0.6) is 0 Å². The molecule has 0 unspecified atom stereocenters. The quantitative estimate of drug-likeness (QED) is 0.734. The smallest absolute Gasteiger partial charge is 0.152 e. The van der Waals surface area contributed by atoms with Gasteiger partial charge in [0, 0.05) is 30.1 Å². The number of fused-ring (bicyclic) bond motifs is 1. The van der Waals surface area contributed by atoms with E-state index in [-0.39, 0.29) is 5.82 Å². The molecule has 2 fully saturated rings. The largest absolute Gasteiger partial charge is 0.378 e. The summed E-state index contributed by atoms with van der Waals surface area (Å²) in [7, 11) is 0. The van der Waals surface area contributed by atoms with Crippen LogP contribution in [0.15, 0.2) is 36.5 Å². The molecule has 25 heavy (non-hydrogen) atoms. The van der Waals surface area contributed by atoms with Gasteiger partial charge in [0.1, 0.15) is 5.82 Å². The Morgan fingerprint density at radius 3 is 2.72 bits per heavy atom. The second kappa shape index (κ2) is 5.81. The van der Waals surface area contributed by atoms with Crippen LogP contribution in [0.1, 0.15) is 18.9 Å². The van der Waals surface area contributed by atoms with Gasteiger partial charge in [-0.3, -0.25) is 0 Å². The van der Waals surface area contributed by atoms with Crippen molar-refractivity contribution in [1.29, 1.82) is 0 Å². The molecular weight excluding hydrogens is 319 g/mol. The fraction of sp³-hybridized carbons (Fsp3) is 0.368. The topological polar surface area (TPSA) is 43.2 Å². The van der Waals surface area contributed by atoms with Crippen LogP contribution in [0.25, 0.3) is 22.2 Å². The van der Waals surface area contributed by atoms with Crippen LogP contribution in [0.3, 0.4) is 0 Å². The first-order chi connectivity index (χ1) is 12.3. The number of aromatic nitrogens is 3. The molecular formula is C19H19FN4O. The lowest BCUT2D eigenvalue weighted by molar-refractivity contribution is 0.122. The van der Waals surface area contributed by atoms with E-state index in [1.54, 1.807) is 12.3 Å². The zero-order valence-electron chi connectivity index (χ0n) is 13.9. The molecule has 6 heteroatoms. The Bertz CT molecular complexity index is 928. The molecule has 2 aromatic heterocycles. The monoisotopic (exact) mass is 338 g/mol. The number of halogens is 1.